The van der Waals surface area contributed by atoms with Gasteiger partial charge in [-0.2, -0.15) is 4.99 Å². The van der Waals surface area contributed by atoms with Gasteiger partial charge in [-0.15, -0.1) is 0 Å². The summed E-state index contributed by atoms with van der Waals surface area (Å²) in [5.41, 5.74) is 6.28. The van der Waals surface area contributed by atoms with Crippen molar-refractivity contribution in [2.75, 3.05) is 0 Å². The predicted octanol–water partition coefficient (Wildman–Crippen LogP) is 9.03. The quantitative estimate of drug-likeness (QED) is 0.255. The van der Waals surface area contributed by atoms with Crippen LogP contribution in [0.4, 0.5) is 4.79 Å². The van der Waals surface area contributed by atoms with Gasteiger partial charge in [0.15, 0.2) is 0 Å². The minimum atomic E-state index is -1.16. The number of carboxylic acid groups (broad SMARTS) is 1. The summed E-state index contributed by atoms with van der Waals surface area (Å²) in [5, 5.41) is 11.4. The summed E-state index contributed by atoms with van der Waals surface area (Å²) >= 11 is 1.76. The third-order valence-corrected chi connectivity index (χ3v) is 7.37. The lowest BCUT2D eigenvalue weighted by molar-refractivity contribution is 0.206. The summed E-state index contributed by atoms with van der Waals surface area (Å²) in [6.45, 7) is 6.37. The van der Waals surface area contributed by atoms with Crippen molar-refractivity contribution in [1.29, 1.82) is 0 Å². The molecule has 35 heavy (non-hydrogen) atoms. The zero-order valence-corrected chi connectivity index (χ0v) is 21.3. The lowest BCUT2D eigenvalue weighted by Crippen LogP contribution is -1.97. The van der Waals surface area contributed by atoms with Crippen LogP contribution in [0.5, 0.6) is 0 Å². The van der Waals surface area contributed by atoms with E-state index >= 15 is 0 Å². The van der Waals surface area contributed by atoms with Crippen LogP contribution in [0.1, 0.15) is 49.8 Å². The summed E-state index contributed by atoms with van der Waals surface area (Å²) in [4.78, 5) is 16.7. The molecule has 4 rings (SSSR count). The van der Waals surface area contributed by atoms with Gasteiger partial charge in [-0.05, 0) is 69.6 Å². The molecule has 1 N–H and O–H groups in total. The van der Waals surface area contributed by atoms with E-state index in [0.29, 0.717) is 0 Å². The molecule has 1 atom stereocenters. The predicted molar refractivity (Wildman–Crippen MR) is 148 cm³/mol. The molecule has 0 aliphatic carbocycles. The first-order chi connectivity index (χ1) is 17.0. The van der Waals surface area contributed by atoms with Crippen molar-refractivity contribution in [2.45, 2.75) is 55.7 Å². The van der Waals surface area contributed by atoms with Crippen molar-refractivity contribution in [3.8, 4) is 11.1 Å². The van der Waals surface area contributed by atoms with E-state index in [2.05, 4.69) is 85.6 Å². The van der Waals surface area contributed by atoms with Crippen LogP contribution in [0.25, 0.3) is 21.9 Å². The van der Waals surface area contributed by atoms with Crippen molar-refractivity contribution in [1.82, 2.24) is 0 Å². The highest BCUT2D eigenvalue weighted by atomic mass is 32.2. The van der Waals surface area contributed by atoms with Crippen molar-refractivity contribution in [3.63, 3.8) is 0 Å². The highest BCUT2D eigenvalue weighted by molar-refractivity contribution is 7.99. The Morgan fingerprint density at radius 2 is 1.83 bits per heavy atom. The number of benzene rings is 4. The Balaban J connectivity index is 1.66. The Bertz CT molecular complexity index is 1380. The van der Waals surface area contributed by atoms with Crippen LogP contribution in [0, 0.1) is 0 Å². The topological polar surface area (TPSA) is 49.7 Å². The van der Waals surface area contributed by atoms with Gasteiger partial charge in [0.2, 0.25) is 0 Å². The number of rotatable bonds is 8. The van der Waals surface area contributed by atoms with Crippen molar-refractivity contribution in [3.05, 3.63) is 95.6 Å². The first kappa shape index (κ1) is 24.7. The number of aryl methyl sites for hydroxylation is 2. The number of fused-ring (bicyclic) bond motifs is 1. The van der Waals surface area contributed by atoms with Crippen LogP contribution in [-0.2, 0) is 12.8 Å². The van der Waals surface area contributed by atoms with Crippen molar-refractivity contribution >= 4 is 34.8 Å². The molecule has 178 valence electrons. The Labute approximate surface area is 211 Å². The van der Waals surface area contributed by atoms with Crippen LogP contribution in [0.15, 0.2) is 93.6 Å². The van der Waals surface area contributed by atoms with E-state index in [1.165, 1.54) is 44.1 Å². The van der Waals surface area contributed by atoms with Gasteiger partial charge in [-0.1, -0.05) is 99.6 Å². The van der Waals surface area contributed by atoms with E-state index in [9.17, 15) is 4.79 Å². The number of aliphatic imine (C=N–C) groups is 1. The van der Waals surface area contributed by atoms with Crippen LogP contribution >= 0.6 is 11.8 Å². The molecule has 0 spiro atoms. The molecule has 0 fully saturated rings. The van der Waals surface area contributed by atoms with Gasteiger partial charge in [0, 0.05) is 21.9 Å². The summed E-state index contributed by atoms with van der Waals surface area (Å²) in [6.07, 6.45) is 3.46. The standard InChI is InChI=1S/C31H31NO2S/c1-4-8-26-18-25(28-12-7-10-24-17-22(5-2)13-15-29(24)28)14-16-30(26)35-27-11-6-9-23(19-27)21(3)20-32-31(33)34/h6-7,9-21H,4-5,8H2,1-3H3,(H,33,34)/b32-20-. The number of nitrogens with zero attached hydrogens (tertiary/aromatic N) is 1. The fourth-order valence-electron chi connectivity index (χ4n) is 4.37. The summed E-state index contributed by atoms with van der Waals surface area (Å²) in [7, 11) is 0. The molecule has 1 amide bonds. The van der Waals surface area contributed by atoms with Crippen LogP contribution < -0.4 is 0 Å². The fourth-order valence-corrected chi connectivity index (χ4v) is 5.39. The average molecular weight is 482 g/mol. The van der Waals surface area contributed by atoms with E-state index in [1.807, 2.05) is 19.1 Å². The maximum absolute atomic E-state index is 10.8. The van der Waals surface area contributed by atoms with Crippen molar-refractivity contribution < 1.29 is 9.90 Å². The number of hydrogen-bond donors (Lipinski definition) is 1. The third kappa shape index (κ3) is 6.01. The molecule has 4 aromatic carbocycles. The summed E-state index contributed by atoms with van der Waals surface area (Å²) < 4.78 is 0. The molecule has 0 aromatic heterocycles. The highest BCUT2D eigenvalue weighted by Gasteiger charge is 2.11. The lowest BCUT2D eigenvalue weighted by atomic mass is 9.95. The van der Waals surface area contributed by atoms with Crippen LogP contribution in [0.2, 0.25) is 0 Å². The minimum absolute atomic E-state index is 0.0660. The second kappa shape index (κ2) is 11.4. The normalized spacial score (nSPS) is 12.3. The van der Waals surface area contributed by atoms with Gasteiger partial charge in [-0.3, -0.25) is 0 Å². The van der Waals surface area contributed by atoms with E-state index in [0.717, 1.165) is 29.7 Å². The third-order valence-electron chi connectivity index (χ3n) is 6.26. The fraction of sp³-hybridized carbons (Fsp3) is 0.226. The van der Waals surface area contributed by atoms with Gasteiger partial charge in [-0.25, -0.2) is 4.79 Å². The zero-order chi connectivity index (χ0) is 24.8. The molecular weight excluding hydrogens is 450 g/mol. The van der Waals surface area contributed by atoms with E-state index < -0.39 is 6.09 Å². The number of amides is 1. The van der Waals surface area contributed by atoms with Gasteiger partial charge in [0.1, 0.15) is 0 Å². The molecule has 0 radical (unpaired) electrons. The number of hydrogen-bond acceptors (Lipinski definition) is 2. The van der Waals surface area contributed by atoms with Gasteiger partial charge in [0.05, 0.1) is 0 Å². The Morgan fingerprint density at radius 3 is 2.60 bits per heavy atom. The largest absolute Gasteiger partial charge is 0.463 e. The van der Waals surface area contributed by atoms with E-state index in [4.69, 9.17) is 5.11 Å². The molecule has 0 aliphatic heterocycles. The Kier molecular flexibility index (Phi) is 8.04. The molecule has 0 bridgehead atoms. The smallest absolute Gasteiger partial charge is 0.430 e. The lowest BCUT2D eigenvalue weighted by Gasteiger charge is -2.14. The first-order valence-corrected chi connectivity index (χ1v) is 13.0. The van der Waals surface area contributed by atoms with E-state index in [1.54, 1.807) is 11.8 Å². The molecule has 4 heteroatoms. The van der Waals surface area contributed by atoms with Gasteiger partial charge < -0.3 is 5.11 Å². The molecule has 0 aliphatic rings. The minimum Gasteiger partial charge on any atom is -0.463 e. The van der Waals surface area contributed by atoms with Gasteiger partial charge in [0.25, 0.3) is 0 Å². The highest BCUT2D eigenvalue weighted by Crippen LogP contribution is 2.37. The maximum Gasteiger partial charge on any atom is 0.430 e. The molecular formula is C31H31NO2S. The molecule has 3 nitrogen and oxygen atoms in total. The molecule has 0 saturated carbocycles. The first-order valence-electron chi connectivity index (χ1n) is 12.2. The Hall–Kier alpha value is -3.37. The molecule has 4 aromatic rings. The monoisotopic (exact) mass is 481 g/mol. The summed E-state index contributed by atoms with van der Waals surface area (Å²) in [6, 6.07) is 28.5. The van der Waals surface area contributed by atoms with E-state index in [-0.39, 0.29) is 5.92 Å². The SMILES string of the molecule is CCCc1cc(-c2cccc3cc(CC)ccc23)ccc1Sc1cccc(C(C)/C=N\C(=O)O)c1. The van der Waals surface area contributed by atoms with Gasteiger partial charge >= 0.3 is 6.09 Å². The second-order valence-corrected chi connectivity index (χ2v) is 9.93. The number of carbonyl (C=O) groups is 1. The average Bonchev–Trinajstić information content (AvgIpc) is 2.88. The van der Waals surface area contributed by atoms with Crippen molar-refractivity contribution in [2.24, 2.45) is 4.99 Å². The zero-order valence-electron chi connectivity index (χ0n) is 20.5. The molecule has 0 heterocycles. The summed E-state index contributed by atoms with van der Waals surface area (Å²) in [5.74, 6) is -0.0660. The van der Waals surface area contributed by atoms with Crippen LogP contribution in [0.3, 0.4) is 0 Å². The molecule has 1 unspecified atom stereocenters. The Morgan fingerprint density at radius 1 is 1.00 bits per heavy atom. The second-order valence-electron chi connectivity index (χ2n) is 8.81. The maximum atomic E-state index is 10.8. The van der Waals surface area contributed by atoms with Crippen LogP contribution in [-0.4, -0.2) is 17.4 Å². The molecule has 0 saturated heterocycles.